The molecule has 4 nitrogen and oxygen atoms in total. The largest absolute Gasteiger partial charge is 0.382 e. The standard InChI is InChI=1S/C14H26O4/c1-13(2)12(9-15)5-6-14(13,3)10-18-11-17-8-7-16-4/h9,12H,5-8,10-11H2,1-4H3/t12-,14+/m1/s1. The molecule has 1 fully saturated rings. The minimum Gasteiger partial charge on any atom is -0.382 e. The number of carbonyl (C=O) groups excluding carboxylic acids is 1. The number of ether oxygens (including phenoxy) is 3. The first-order chi connectivity index (χ1) is 8.48. The Bertz CT molecular complexity index is 265. The monoisotopic (exact) mass is 258 g/mol. The Morgan fingerprint density at radius 2 is 1.94 bits per heavy atom. The van der Waals surface area contributed by atoms with Crippen LogP contribution in [0.1, 0.15) is 33.6 Å². The summed E-state index contributed by atoms with van der Waals surface area (Å²) >= 11 is 0. The Labute approximate surface area is 110 Å². The van der Waals surface area contributed by atoms with Gasteiger partial charge in [-0.05, 0) is 23.7 Å². The molecule has 0 N–H and O–H groups in total. The van der Waals surface area contributed by atoms with E-state index in [-0.39, 0.29) is 16.7 Å². The summed E-state index contributed by atoms with van der Waals surface area (Å²) in [6.07, 6.45) is 3.09. The van der Waals surface area contributed by atoms with Gasteiger partial charge in [-0.3, -0.25) is 0 Å². The lowest BCUT2D eigenvalue weighted by Crippen LogP contribution is -2.38. The van der Waals surface area contributed by atoms with Gasteiger partial charge in [-0.15, -0.1) is 0 Å². The molecule has 106 valence electrons. The van der Waals surface area contributed by atoms with Crippen LogP contribution in [0.5, 0.6) is 0 Å². The van der Waals surface area contributed by atoms with E-state index in [4.69, 9.17) is 14.2 Å². The van der Waals surface area contributed by atoms with Gasteiger partial charge < -0.3 is 19.0 Å². The molecule has 1 rings (SSSR count). The highest BCUT2D eigenvalue weighted by Gasteiger charge is 2.51. The van der Waals surface area contributed by atoms with Gasteiger partial charge in [-0.25, -0.2) is 0 Å². The van der Waals surface area contributed by atoms with Crippen LogP contribution in [0.4, 0.5) is 0 Å². The normalized spacial score (nSPS) is 30.6. The summed E-state index contributed by atoms with van der Waals surface area (Å²) in [5.74, 6) is 0.139. The van der Waals surface area contributed by atoms with Crippen molar-refractivity contribution in [3.05, 3.63) is 0 Å². The van der Waals surface area contributed by atoms with E-state index in [1.165, 1.54) is 0 Å². The summed E-state index contributed by atoms with van der Waals surface area (Å²) in [6, 6.07) is 0. The lowest BCUT2D eigenvalue weighted by Gasteiger charge is -2.40. The first kappa shape index (κ1) is 15.6. The molecule has 0 spiro atoms. The van der Waals surface area contributed by atoms with Crippen LogP contribution in [0.15, 0.2) is 0 Å². The smallest absolute Gasteiger partial charge is 0.146 e. The molecule has 18 heavy (non-hydrogen) atoms. The number of rotatable bonds is 8. The average molecular weight is 258 g/mol. The molecule has 0 heterocycles. The van der Waals surface area contributed by atoms with Crippen molar-refractivity contribution >= 4 is 6.29 Å². The third kappa shape index (κ3) is 3.31. The molecular weight excluding hydrogens is 232 g/mol. The fraction of sp³-hybridized carbons (Fsp3) is 0.929. The van der Waals surface area contributed by atoms with Crippen molar-refractivity contribution in [2.24, 2.45) is 16.7 Å². The Kier molecular flexibility index (Phi) is 5.76. The Hall–Kier alpha value is -0.450. The third-order valence-corrected chi connectivity index (χ3v) is 4.67. The first-order valence-corrected chi connectivity index (χ1v) is 6.57. The summed E-state index contributed by atoms with van der Waals surface area (Å²) in [6.45, 7) is 8.58. The Morgan fingerprint density at radius 3 is 2.50 bits per heavy atom. The Morgan fingerprint density at radius 1 is 1.22 bits per heavy atom. The molecule has 0 aromatic rings. The van der Waals surface area contributed by atoms with E-state index in [0.29, 0.717) is 26.6 Å². The van der Waals surface area contributed by atoms with Crippen molar-refractivity contribution in [2.45, 2.75) is 33.6 Å². The molecule has 0 unspecified atom stereocenters. The molecule has 1 aliphatic rings. The minimum absolute atomic E-state index is 0.0126. The molecular formula is C14H26O4. The molecule has 0 radical (unpaired) electrons. The van der Waals surface area contributed by atoms with Gasteiger partial charge >= 0.3 is 0 Å². The van der Waals surface area contributed by atoms with Gasteiger partial charge in [-0.2, -0.15) is 0 Å². The maximum absolute atomic E-state index is 11.1. The predicted octanol–water partition coefficient (Wildman–Crippen LogP) is 2.26. The molecule has 0 saturated heterocycles. The second-order valence-corrected chi connectivity index (χ2v) is 5.93. The highest BCUT2D eigenvalue weighted by Crippen LogP contribution is 2.55. The number of hydrogen-bond acceptors (Lipinski definition) is 4. The van der Waals surface area contributed by atoms with Crippen molar-refractivity contribution in [1.82, 2.24) is 0 Å². The van der Waals surface area contributed by atoms with Crippen LogP contribution in [0, 0.1) is 16.7 Å². The summed E-state index contributed by atoms with van der Waals surface area (Å²) in [5, 5.41) is 0. The van der Waals surface area contributed by atoms with Crippen LogP contribution >= 0.6 is 0 Å². The SMILES string of the molecule is COCCOCOC[C@]1(C)CC[C@H](C=O)C1(C)C. The number of carbonyl (C=O) groups is 1. The molecule has 2 atom stereocenters. The third-order valence-electron chi connectivity index (χ3n) is 4.67. The predicted molar refractivity (Wildman–Crippen MR) is 69.3 cm³/mol. The molecule has 4 heteroatoms. The second-order valence-electron chi connectivity index (χ2n) is 5.93. The van der Waals surface area contributed by atoms with E-state index in [0.717, 1.165) is 19.1 Å². The van der Waals surface area contributed by atoms with Crippen molar-refractivity contribution in [3.8, 4) is 0 Å². The van der Waals surface area contributed by atoms with E-state index < -0.39 is 0 Å². The van der Waals surface area contributed by atoms with Crippen molar-refractivity contribution in [1.29, 1.82) is 0 Å². The summed E-state index contributed by atoms with van der Waals surface area (Å²) in [7, 11) is 1.64. The van der Waals surface area contributed by atoms with Crippen LogP contribution in [0.2, 0.25) is 0 Å². The minimum atomic E-state index is -0.0126. The van der Waals surface area contributed by atoms with Gasteiger partial charge in [0.25, 0.3) is 0 Å². The van der Waals surface area contributed by atoms with E-state index in [1.54, 1.807) is 7.11 Å². The second kappa shape index (κ2) is 6.64. The molecule has 0 bridgehead atoms. The summed E-state index contributed by atoms with van der Waals surface area (Å²) in [4.78, 5) is 11.1. The van der Waals surface area contributed by atoms with Gasteiger partial charge in [0.2, 0.25) is 0 Å². The van der Waals surface area contributed by atoms with Gasteiger partial charge in [0.05, 0.1) is 19.8 Å². The van der Waals surface area contributed by atoms with Gasteiger partial charge in [0, 0.05) is 13.0 Å². The maximum atomic E-state index is 11.1. The zero-order valence-corrected chi connectivity index (χ0v) is 12.0. The molecule has 1 aliphatic carbocycles. The van der Waals surface area contributed by atoms with Crippen molar-refractivity contribution in [3.63, 3.8) is 0 Å². The van der Waals surface area contributed by atoms with Crippen LogP contribution in [-0.2, 0) is 19.0 Å². The van der Waals surface area contributed by atoms with Gasteiger partial charge in [0.15, 0.2) is 0 Å². The number of aldehydes is 1. The topological polar surface area (TPSA) is 44.8 Å². The highest BCUT2D eigenvalue weighted by atomic mass is 16.7. The van der Waals surface area contributed by atoms with Crippen LogP contribution < -0.4 is 0 Å². The van der Waals surface area contributed by atoms with E-state index >= 15 is 0 Å². The molecule has 1 saturated carbocycles. The summed E-state index contributed by atoms with van der Waals surface area (Å²) < 4.78 is 15.8. The fourth-order valence-electron chi connectivity index (χ4n) is 2.63. The Balaban J connectivity index is 2.34. The zero-order chi connectivity index (χ0) is 13.6. The van der Waals surface area contributed by atoms with E-state index in [2.05, 4.69) is 20.8 Å². The number of hydrogen-bond donors (Lipinski definition) is 0. The molecule has 0 aromatic heterocycles. The average Bonchev–Trinajstić information content (AvgIpc) is 2.55. The van der Waals surface area contributed by atoms with Crippen LogP contribution in [0.3, 0.4) is 0 Å². The van der Waals surface area contributed by atoms with E-state index in [1.807, 2.05) is 0 Å². The van der Waals surface area contributed by atoms with E-state index in [9.17, 15) is 4.79 Å². The lowest BCUT2D eigenvalue weighted by molar-refractivity contribution is -0.120. The van der Waals surface area contributed by atoms with Gasteiger partial charge in [0.1, 0.15) is 13.1 Å². The highest BCUT2D eigenvalue weighted by molar-refractivity contribution is 5.56. The van der Waals surface area contributed by atoms with Crippen molar-refractivity contribution < 1.29 is 19.0 Å². The van der Waals surface area contributed by atoms with Crippen LogP contribution in [0.25, 0.3) is 0 Å². The van der Waals surface area contributed by atoms with Crippen molar-refractivity contribution in [2.75, 3.05) is 33.7 Å². The molecule has 0 aromatic carbocycles. The zero-order valence-electron chi connectivity index (χ0n) is 12.0. The maximum Gasteiger partial charge on any atom is 0.146 e. The first-order valence-electron chi connectivity index (χ1n) is 6.57. The van der Waals surface area contributed by atoms with Gasteiger partial charge in [-0.1, -0.05) is 20.8 Å². The fourth-order valence-corrected chi connectivity index (χ4v) is 2.63. The summed E-state index contributed by atoms with van der Waals surface area (Å²) in [5.41, 5.74) is 0.0322. The quantitative estimate of drug-likeness (QED) is 0.380. The van der Waals surface area contributed by atoms with Crippen LogP contribution in [-0.4, -0.2) is 40.0 Å². The molecule has 0 aliphatic heterocycles. The number of methoxy groups -OCH3 is 1. The molecule has 0 amide bonds. The lowest BCUT2D eigenvalue weighted by atomic mass is 9.66.